The third-order valence-corrected chi connectivity index (χ3v) is 4.53. The topological polar surface area (TPSA) is 69.0 Å². The second-order valence-corrected chi connectivity index (χ2v) is 7.82. The van der Waals surface area contributed by atoms with Gasteiger partial charge >= 0.3 is 6.09 Å². The largest absolute Gasteiger partial charge is 0.481 e. The van der Waals surface area contributed by atoms with Gasteiger partial charge in [0.15, 0.2) is 5.65 Å². The molecular formula is C20H28N4O3. The first-order valence-corrected chi connectivity index (χ1v) is 9.35. The molecule has 3 rings (SSSR count). The molecule has 7 nitrogen and oxygen atoms in total. The third kappa shape index (κ3) is 4.23. The molecule has 1 amide bonds. The normalized spacial score (nSPS) is 18.3. The highest BCUT2D eigenvalue weighted by molar-refractivity contribution is 5.68. The molecule has 3 heterocycles. The van der Waals surface area contributed by atoms with Crippen LogP contribution in [0.15, 0.2) is 18.3 Å². The molecule has 7 heteroatoms. The molecule has 0 saturated carbocycles. The lowest BCUT2D eigenvalue weighted by atomic mass is 9.94. The molecule has 1 atom stereocenters. The second-order valence-electron chi connectivity index (χ2n) is 7.82. The third-order valence-electron chi connectivity index (χ3n) is 4.53. The van der Waals surface area contributed by atoms with E-state index in [0.717, 1.165) is 29.7 Å². The number of carbonyl (C=O) groups excluding carboxylic acids is 1. The first-order valence-electron chi connectivity index (χ1n) is 9.35. The van der Waals surface area contributed by atoms with E-state index in [9.17, 15) is 4.79 Å². The molecule has 1 aliphatic rings. The average Bonchev–Trinajstić information content (AvgIpc) is 3.03. The van der Waals surface area contributed by atoms with Gasteiger partial charge in [-0.2, -0.15) is 9.61 Å². The lowest BCUT2D eigenvalue weighted by Gasteiger charge is -2.34. The van der Waals surface area contributed by atoms with Crippen LogP contribution in [0.5, 0.6) is 5.88 Å². The van der Waals surface area contributed by atoms with Gasteiger partial charge in [0, 0.05) is 30.6 Å². The molecule has 1 aliphatic heterocycles. The predicted octanol–water partition coefficient (Wildman–Crippen LogP) is 3.89. The predicted molar refractivity (Wildman–Crippen MR) is 104 cm³/mol. The van der Waals surface area contributed by atoms with Crippen molar-refractivity contribution in [3.63, 3.8) is 0 Å². The summed E-state index contributed by atoms with van der Waals surface area (Å²) in [5, 5.41) is 4.37. The van der Waals surface area contributed by atoms with Crippen LogP contribution < -0.4 is 4.74 Å². The number of aromatic nitrogens is 3. The van der Waals surface area contributed by atoms with Crippen molar-refractivity contribution in [2.75, 3.05) is 20.2 Å². The highest BCUT2D eigenvalue weighted by atomic mass is 16.6. The molecule has 0 bridgehead atoms. The summed E-state index contributed by atoms with van der Waals surface area (Å²) in [5.41, 5.74) is 2.12. The first kappa shape index (κ1) is 19.2. The van der Waals surface area contributed by atoms with Crippen LogP contribution in [0, 0.1) is 0 Å². The summed E-state index contributed by atoms with van der Waals surface area (Å²) in [4.78, 5) is 19.1. The fourth-order valence-corrected chi connectivity index (χ4v) is 3.33. The van der Waals surface area contributed by atoms with E-state index >= 15 is 0 Å². The fraction of sp³-hybridized carbons (Fsp3) is 0.550. The Labute approximate surface area is 160 Å². The van der Waals surface area contributed by atoms with Crippen LogP contribution in [0.25, 0.3) is 11.7 Å². The van der Waals surface area contributed by atoms with Gasteiger partial charge in [-0.15, -0.1) is 0 Å². The average molecular weight is 372 g/mol. The Morgan fingerprint density at radius 2 is 2.15 bits per heavy atom. The van der Waals surface area contributed by atoms with Crippen LogP contribution in [0.4, 0.5) is 4.79 Å². The summed E-state index contributed by atoms with van der Waals surface area (Å²) in [6, 6.07) is 1.92. The summed E-state index contributed by atoms with van der Waals surface area (Å²) < 4.78 is 12.8. The Bertz CT molecular complexity index is 851. The van der Waals surface area contributed by atoms with E-state index < -0.39 is 5.60 Å². The number of methoxy groups -OCH3 is 1. The van der Waals surface area contributed by atoms with Gasteiger partial charge in [-0.1, -0.05) is 12.2 Å². The zero-order chi connectivity index (χ0) is 19.6. The van der Waals surface area contributed by atoms with Crippen molar-refractivity contribution in [1.29, 1.82) is 0 Å². The maximum Gasteiger partial charge on any atom is 0.410 e. The van der Waals surface area contributed by atoms with Crippen molar-refractivity contribution in [2.45, 2.75) is 52.1 Å². The maximum atomic E-state index is 12.5. The molecule has 0 aliphatic carbocycles. The fourth-order valence-electron chi connectivity index (χ4n) is 3.33. The minimum absolute atomic E-state index is 0.138. The summed E-state index contributed by atoms with van der Waals surface area (Å²) in [6.07, 6.45) is 7.34. The summed E-state index contributed by atoms with van der Waals surface area (Å²) in [5.74, 6) is 0.777. The van der Waals surface area contributed by atoms with Crippen LogP contribution in [-0.4, -0.2) is 51.4 Å². The van der Waals surface area contributed by atoms with Crippen LogP contribution in [0.3, 0.4) is 0 Å². The Morgan fingerprint density at radius 1 is 1.37 bits per heavy atom. The molecule has 0 N–H and O–H groups in total. The van der Waals surface area contributed by atoms with Gasteiger partial charge in [0.2, 0.25) is 5.88 Å². The molecule has 2 aromatic rings. The number of carbonyl (C=O) groups is 1. The van der Waals surface area contributed by atoms with Gasteiger partial charge in [-0.25, -0.2) is 9.78 Å². The summed E-state index contributed by atoms with van der Waals surface area (Å²) >= 11 is 0. The molecule has 2 aromatic heterocycles. The van der Waals surface area contributed by atoms with Crippen molar-refractivity contribution in [2.24, 2.45) is 0 Å². The lowest BCUT2D eigenvalue weighted by molar-refractivity contribution is 0.0197. The monoisotopic (exact) mass is 372 g/mol. The number of allylic oxidation sites excluding steroid dienone is 1. The van der Waals surface area contributed by atoms with E-state index in [1.54, 1.807) is 22.7 Å². The second kappa shape index (κ2) is 7.58. The van der Waals surface area contributed by atoms with Crippen molar-refractivity contribution in [3.8, 4) is 5.88 Å². The highest BCUT2D eigenvalue weighted by Crippen LogP contribution is 2.30. The zero-order valence-corrected chi connectivity index (χ0v) is 16.7. The van der Waals surface area contributed by atoms with E-state index in [-0.39, 0.29) is 12.0 Å². The Morgan fingerprint density at radius 3 is 2.81 bits per heavy atom. The molecule has 0 radical (unpaired) electrons. The van der Waals surface area contributed by atoms with E-state index in [0.29, 0.717) is 19.0 Å². The molecular weight excluding hydrogens is 344 g/mol. The minimum Gasteiger partial charge on any atom is -0.481 e. The van der Waals surface area contributed by atoms with Crippen LogP contribution in [0.1, 0.15) is 57.7 Å². The standard InChI is InChI=1S/C20H28N4O3/c1-6-8-14-12-21-24-17(26-5)11-16(22-18(14)24)15-9-7-10-23(13-15)19(25)27-20(2,3)4/h6,8,11-12,15H,7,9-10,13H2,1-5H3. The quantitative estimate of drug-likeness (QED) is 0.818. The van der Waals surface area contributed by atoms with E-state index in [2.05, 4.69) is 5.10 Å². The number of rotatable bonds is 3. The summed E-state index contributed by atoms with van der Waals surface area (Å²) in [7, 11) is 1.63. The molecule has 1 saturated heterocycles. The maximum absolute atomic E-state index is 12.5. The number of ether oxygens (including phenoxy) is 2. The molecule has 27 heavy (non-hydrogen) atoms. The van der Waals surface area contributed by atoms with E-state index in [1.165, 1.54) is 0 Å². The first-order chi connectivity index (χ1) is 12.8. The number of hydrogen-bond acceptors (Lipinski definition) is 5. The van der Waals surface area contributed by atoms with Gasteiger partial charge in [-0.05, 0) is 40.5 Å². The van der Waals surface area contributed by atoms with Gasteiger partial charge in [0.05, 0.1) is 19.0 Å². The molecule has 0 spiro atoms. The Balaban J connectivity index is 1.89. The van der Waals surface area contributed by atoms with E-state index in [1.807, 2.05) is 45.9 Å². The van der Waals surface area contributed by atoms with Gasteiger partial charge in [-0.3, -0.25) is 0 Å². The molecule has 0 aromatic carbocycles. The van der Waals surface area contributed by atoms with Crippen molar-refractivity contribution in [3.05, 3.63) is 29.6 Å². The minimum atomic E-state index is -0.497. The number of fused-ring (bicyclic) bond motifs is 1. The van der Waals surface area contributed by atoms with Crippen molar-refractivity contribution in [1.82, 2.24) is 19.5 Å². The number of likely N-dealkylation sites (tertiary alicyclic amines) is 1. The Hall–Kier alpha value is -2.57. The lowest BCUT2D eigenvalue weighted by Crippen LogP contribution is -2.42. The van der Waals surface area contributed by atoms with Crippen molar-refractivity contribution >= 4 is 17.8 Å². The highest BCUT2D eigenvalue weighted by Gasteiger charge is 2.29. The number of nitrogens with zero attached hydrogens (tertiary/aromatic N) is 4. The summed E-state index contributed by atoms with van der Waals surface area (Å²) in [6.45, 7) is 8.92. The van der Waals surface area contributed by atoms with Gasteiger partial charge in [0.25, 0.3) is 0 Å². The van der Waals surface area contributed by atoms with Crippen LogP contribution in [-0.2, 0) is 4.74 Å². The number of hydrogen-bond donors (Lipinski definition) is 0. The van der Waals surface area contributed by atoms with Gasteiger partial charge < -0.3 is 14.4 Å². The SMILES string of the molecule is CC=Cc1cnn2c(OC)cc(C3CCCN(C(=O)OC(C)(C)C)C3)nc12. The molecule has 146 valence electrons. The number of piperidine rings is 1. The van der Waals surface area contributed by atoms with Crippen LogP contribution >= 0.6 is 0 Å². The van der Waals surface area contributed by atoms with Crippen LogP contribution in [0.2, 0.25) is 0 Å². The zero-order valence-electron chi connectivity index (χ0n) is 16.7. The Kier molecular flexibility index (Phi) is 5.39. The number of amides is 1. The molecule has 1 unspecified atom stereocenters. The van der Waals surface area contributed by atoms with Gasteiger partial charge in [0.1, 0.15) is 5.60 Å². The van der Waals surface area contributed by atoms with E-state index in [4.69, 9.17) is 14.5 Å². The van der Waals surface area contributed by atoms with Crippen molar-refractivity contribution < 1.29 is 14.3 Å². The molecule has 1 fully saturated rings. The smallest absolute Gasteiger partial charge is 0.410 e.